The molecule has 2 aromatic carbocycles. The van der Waals surface area contributed by atoms with E-state index in [0.717, 1.165) is 12.0 Å². The van der Waals surface area contributed by atoms with Gasteiger partial charge in [0.05, 0.1) is 18.7 Å². The Morgan fingerprint density at radius 2 is 1.91 bits per heavy atom. The summed E-state index contributed by atoms with van der Waals surface area (Å²) in [6.45, 7) is 8.07. The maximum Gasteiger partial charge on any atom is 0.295 e. The normalized spacial score (nSPS) is 18.0. The zero-order chi connectivity index (χ0) is 23.6. The smallest absolute Gasteiger partial charge is 0.295 e. The molecule has 0 aliphatic carbocycles. The zero-order valence-corrected chi connectivity index (χ0v) is 19.2. The number of unbranched alkanes of at least 4 members (excludes halogenated alkanes) is 1. The van der Waals surface area contributed by atoms with Crippen LogP contribution in [-0.4, -0.2) is 35.4 Å². The number of ketones is 1. The summed E-state index contributed by atoms with van der Waals surface area (Å²) in [5.74, 6) is -1.55. The van der Waals surface area contributed by atoms with Crippen molar-refractivity contribution in [3.05, 3.63) is 70.0 Å². The van der Waals surface area contributed by atoms with E-state index in [4.69, 9.17) is 4.74 Å². The Morgan fingerprint density at radius 3 is 2.50 bits per heavy atom. The number of halogens is 1. The fraction of sp³-hybridized carbons (Fsp3) is 0.385. The van der Waals surface area contributed by atoms with Crippen molar-refractivity contribution in [1.29, 1.82) is 0 Å². The standard InChI is InChI=1S/C26H30FNO4/c1-6-7-12-28-23(17-10-8-9-11-20(17)27)22(25(30)26(28)31)24(29)19-14-18(15(2)3)21(32-5)13-16(19)4/h8-11,13-15,23,29H,6-7,12H2,1-5H3/b24-22+. The Morgan fingerprint density at radius 1 is 1.22 bits per heavy atom. The predicted octanol–water partition coefficient (Wildman–Crippen LogP) is 5.49. The minimum absolute atomic E-state index is 0.0841. The van der Waals surface area contributed by atoms with Crippen LogP contribution in [0.15, 0.2) is 42.0 Å². The van der Waals surface area contributed by atoms with Gasteiger partial charge in [-0.05, 0) is 48.6 Å². The highest BCUT2D eigenvalue weighted by atomic mass is 19.1. The number of aliphatic hydroxyl groups is 1. The third-order valence-electron chi connectivity index (χ3n) is 5.95. The summed E-state index contributed by atoms with van der Waals surface area (Å²) in [5, 5.41) is 11.3. The molecule has 0 radical (unpaired) electrons. The van der Waals surface area contributed by atoms with Crippen LogP contribution in [0.1, 0.15) is 67.8 Å². The maximum atomic E-state index is 14.8. The minimum atomic E-state index is -0.980. The summed E-state index contributed by atoms with van der Waals surface area (Å²) in [6.07, 6.45) is 1.47. The number of rotatable bonds is 7. The third-order valence-corrected chi connectivity index (χ3v) is 5.95. The van der Waals surface area contributed by atoms with E-state index in [1.807, 2.05) is 20.8 Å². The van der Waals surface area contributed by atoms with Gasteiger partial charge in [-0.3, -0.25) is 9.59 Å². The van der Waals surface area contributed by atoms with E-state index in [1.54, 1.807) is 44.4 Å². The zero-order valence-electron chi connectivity index (χ0n) is 19.2. The van der Waals surface area contributed by atoms with Crippen LogP contribution in [0, 0.1) is 12.7 Å². The van der Waals surface area contributed by atoms with Gasteiger partial charge in [-0.15, -0.1) is 0 Å². The molecule has 32 heavy (non-hydrogen) atoms. The average Bonchev–Trinajstić information content (AvgIpc) is 3.01. The fourth-order valence-corrected chi connectivity index (χ4v) is 4.19. The lowest BCUT2D eigenvalue weighted by Gasteiger charge is -2.25. The predicted molar refractivity (Wildman–Crippen MR) is 122 cm³/mol. The Labute approximate surface area is 188 Å². The first kappa shape index (κ1) is 23.5. The van der Waals surface area contributed by atoms with E-state index in [0.29, 0.717) is 29.8 Å². The van der Waals surface area contributed by atoms with E-state index < -0.39 is 23.5 Å². The van der Waals surface area contributed by atoms with Crippen molar-refractivity contribution in [3.8, 4) is 5.75 Å². The number of amides is 1. The number of methoxy groups -OCH3 is 1. The summed E-state index contributed by atoms with van der Waals surface area (Å²) in [7, 11) is 1.58. The molecule has 5 nitrogen and oxygen atoms in total. The van der Waals surface area contributed by atoms with Crippen molar-refractivity contribution < 1.29 is 23.8 Å². The Kier molecular flexibility index (Phi) is 7.02. The molecule has 1 aliphatic rings. The second-order valence-electron chi connectivity index (χ2n) is 8.43. The number of ether oxygens (including phenoxy) is 1. The largest absolute Gasteiger partial charge is 0.507 e. The molecule has 1 saturated heterocycles. The fourth-order valence-electron chi connectivity index (χ4n) is 4.19. The van der Waals surface area contributed by atoms with Crippen molar-refractivity contribution in [1.82, 2.24) is 4.90 Å². The molecule has 0 aromatic heterocycles. The Balaban J connectivity index is 2.27. The average molecular weight is 440 g/mol. The highest BCUT2D eigenvalue weighted by Gasteiger charge is 2.46. The number of benzene rings is 2. The molecule has 1 fully saturated rings. The number of Topliss-reactive ketones (excluding diaryl/α,β-unsaturated/α-hetero) is 1. The lowest BCUT2D eigenvalue weighted by atomic mass is 9.91. The molecule has 2 aromatic rings. The Bertz CT molecular complexity index is 1070. The van der Waals surface area contributed by atoms with Crippen LogP contribution in [0.3, 0.4) is 0 Å². The molecular weight excluding hydrogens is 409 g/mol. The molecule has 1 heterocycles. The number of likely N-dealkylation sites (tertiary alicyclic amines) is 1. The van der Waals surface area contributed by atoms with Gasteiger partial charge in [0.15, 0.2) is 0 Å². The van der Waals surface area contributed by atoms with Gasteiger partial charge in [-0.1, -0.05) is 45.4 Å². The topological polar surface area (TPSA) is 66.8 Å². The summed E-state index contributed by atoms with van der Waals surface area (Å²) in [6, 6.07) is 8.67. The lowest BCUT2D eigenvalue weighted by Crippen LogP contribution is -2.31. The molecule has 0 saturated carbocycles. The van der Waals surface area contributed by atoms with Gasteiger partial charge in [-0.2, -0.15) is 0 Å². The van der Waals surface area contributed by atoms with Crippen LogP contribution in [0.25, 0.3) is 5.76 Å². The number of carbonyl (C=O) groups excluding carboxylic acids is 2. The van der Waals surface area contributed by atoms with Gasteiger partial charge in [-0.25, -0.2) is 4.39 Å². The summed E-state index contributed by atoms with van der Waals surface area (Å²) < 4.78 is 20.3. The molecule has 1 aliphatic heterocycles. The van der Waals surface area contributed by atoms with E-state index in [1.165, 1.54) is 11.0 Å². The van der Waals surface area contributed by atoms with Crippen LogP contribution in [0.2, 0.25) is 0 Å². The highest BCUT2D eigenvalue weighted by molar-refractivity contribution is 6.46. The van der Waals surface area contributed by atoms with Gasteiger partial charge in [0, 0.05) is 17.7 Å². The van der Waals surface area contributed by atoms with Crippen molar-refractivity contribution in [2.75, 3.05) is 13.7 Å². The third kappa shape index (κ3) is 4.14. The van der Waals surface area contributed by atoms with Gasteiger partial charge in [0.2, 0.25) is 0 Å². The van der Waals surface area contributed by atoms with Crippen LogP contribution in [0.5, 0.6) is 5.75 Å². The van der Waals surface area contributed by atoms with E-state index >= 15 is 0 Å². The minimum Gasteiger partial charge on any atom is -0.507 e. The number of hydrogen-bond donors (Lipinski definition) is 1. The summed E-state index contributed by atoms with van der Waals surface area (Å²) >= 11 is 0. The van der Waals surface area contributed by atoms with E-state index in [-0.39, 0.29) is 22.8 Å². The molecule has 1 atom stereocenters. The van der Waals surface area contributed by atoms with Gasteiger partial charge in [0.1, 0.15) is 17.3 Å². The first-order chi connectivity index (χ1) is 15.2. The van der Waals surface area contributed by atoms with Crippen LogP contribution >= 0.6 is 0 Å². The number of aliphatic hydroxyl groups excluding tert-OH is 1. The van der Waals surface area contributed by atoms with Gasteiger partial charge in [0.25, 0.3) is 11.7 Å². The number of hydrogen-bond acceptors (Lipinski definition) is 4. The Hall–Kier alpha value is -3.15. The van der Waals surface area contributed by atoms with Crippen molar-refractivity contribution in [3.63, 3.8) is 0 Å². The highest BCUT2D eigenvalue weighted by Crippen LogP contribution is 2.42. The van der Waals surface area contributed by atoms with Crippen LogP contribution < -0.4 is 4.74 Å². The monoisotopic (exact) mass is 439 g/mol. The maximum absolute atomic E-state index is 14.8. The molecule has 6 heteroatoms. The number of aryl methyl sites for hydroxylation is 1. The molecule has 0 spiro atoms. The van der Waals surface area contributed by atoms with Gasteiger partial charge < -0.3 is 14.7 Å². The second-order valence-corrected chi connectivity index (χ2v) is 8.43. The van der Waals surface area contributed by atoms with E-state index in [9.17, 15) is 19.1 Å². The lowest BCUT2D eigenvalue weighted by molar-refractivity contribution is -0.139. The molecule has 1 N–H and O–H groups in total. The van der Waals surface area contributed by atoms with E-state index in [2.05, 4.69) is 0 Å². The summed E-state index contributed by atoms with van der Waals surface area (Å²) in [4.78, 5) is 27.4. The first-order valence-corrected chi connectivity index (χ1v) is 10.9. The number of carbonyl (C=O) groups is 2. The SMILES string of the molecule is CCCCN1C(=O)C(=O)/C(=C(/O)c2cc(C(C)C)c(OC)cc2C)C1c1ccccc1F. The summed E-state index contributed by atoms with van der Waals surface area (Å²) in [5.41, 5.74) is 2.10. The molecule has 1 amide bonds. The van der Waals surface area contributed by atoms with Crippen molar-refractivity contribution in [2.24, 2.45) is 0 Å². The van der Waals surface area contributed by atoms with Crippen molar-refractivity contribution in [2.45, 2.75) is 52.5 Å². The molecule has 170 valence electrons. The molecular formula is C26H30FNO4. The van der Waals surface area contributed by atoms with Crippen molar-refractivity contribution >= 4 is 17.4 Å². The van der Waals surface area contributed by atoms with Gasteiger partial charge >= 0.3 is 0 Å². The molecule has 3 rings (SSSR count). The second kappa shape index (κ2) is 9.55. The number of nitrogens with zero attached hydrogens (tertiary/aromatic N) is 1. The first-order valence-electron chi connectivity index (χ1n) is 10.9. The quantitative estimate of drug-likeness (QED) is 0.352. The van der Waals surface area contributed by atoms with Crippen LogP contribution in [-0.2, 0) is 9.59 Å². The molecule has 0 bridgehead atoms. The molecule has 1 unspecified atom stereocenters. The van der Waals surface area contributed by atoms with Crippen LogP contribution in [0.4, 0.5) is 4.39 Å².